The second kappa shape index (κ2) is 9.73. The quantitative estimate of drug-likeness (QED) is 0.299. The van der Waals surface area contributed by atoms with Crippen LogP contribution < -0.4 is 5.32 Å². The highest BCUT2D eigenvalue weighted by Gasteiger charge is 2.29. The number of guanidine groups is 1. The molecule has 2 saturated heterocycles. The Morgan fingerprint density at radius 2 is 2.08 bits per heavy atom. The number of likely N-dealkylation sites (tertiary alicyclic amines) is 1. The summed E-state index contributed by atoms with van der Waals surface area (Å²) in [5.41, 5.74) is 1.37. The van der Waals surface area contributed by atoms with Crippen molar-refractivity contribution in [2.75, 3.05) is 37.7 Å². The standard InChI is InChI=1S/C19H27N3O2S.HI/c1-2-10-20-19(21-13-16-9-12-25(23,24)15-16)22-11-8-18(14-22)17-6-4-3-5-7-17;/h2-7,16,18H,1,8-15H2,(H,20,21);1H. The molecule has 0 aliphatic carbocycles. The Morgan fingerprint density at radius 3 is 2.73 bits per heavy atom. The van der Waals surface area contributed by atoms with E-state index in [1.807, 2.05) is 12.1 Å². The summed E-state index contributed by atoms with van der Waals surface area (Å²) in [7, 11) is -2.84. The molecule has 2 aliphatic rings. The molecule has 1 aromatic rings. The molecular weight excluding hydrogens is 461 g/mol. The van der Waals surface area contributed by atoms with E-state index in [-0.39, 0.29) is 35.6 Å². The molecule has 0 aromatic heterocycles. The summed E-state index contributed by atoms with van der Waals surface area (Å²) in [5.74, 6) is 2.13. The minimum atomic E-state index is -2.84. The van der Waals surface area contributed by atoms with E-state index in [0.29, 0.717) is 24.8 Å². The molecule has 0 bridgehead atoms. The highest BCUT2D eigenvalue weighted by molar-refractivity contribution is 14.0. The first-order valence-corrected chi connectivity index (χ1v) is 10.8. The SMILES string of the molecule is C=CCNC(=NCC1CCS(=O)(=O)C1)N1CCC(c2ccccc2)C1.I. The van der Waals surface area contributed by atoms with Gasteiger partial charge in [0.2, 0.25) is 0 Å². The fourth-order valence-corrected chi connectivity index (χ4v) is 5.46. The third-order valence-electron chi connectivity index (χ3n) is 4.99. The minimum absolute atomic E-state index is 0. The summed E-state index contributed by atoms with van der Waals surface area (Å²) in [6.07, 6.45) is 3.66. The Labute approximate surface area is 173 Å². The van der Waals surface area contributed by atoms with E-state index >= 15 is 0 Å². The van der Waals surface area contributed by atoms with Crippen LogP contribution in [0.15, 0.2) is 48.0 Å². The van der Waals surface area contributed by atoms with Crippen LogP contribution in [0.25, 0.3) is 0 Å². The van der Waals surface area contributed by atoms with Crippen LogP contribution in [0.5, 0.6) is 0 Å². The number of halogens is 1. The smallest absolute Gasteiger partial charge is 0.194 e. The molecule has 0 amide bonds. The molecule has 2 unspecified atom stereocenters. The van der Waals surface area contributed by atoms with Crippen molar-refractivity contribution in [2.45, 2.75) is 18.8 Å². The zero-order valence-electron chi connectivity index (χ0n) is 15.0. The molecule has 0 saturated carbocycles. The first kappa shape index (κ1) is 21.2. The van der Waals surface area contributed by atoms with Crippen LogP contribution in [-0.4, -0.2) is 57.0 Å². The Morgan fingerprint density at radius 1 is 1.31 bits per heavy atom. The molecule has 26 heavy (non-hydrogen) atoms. The maximum Gasteiger partial charge on any atom is 0.194 e. The van der Waals surface area contributed by atoms with Gasteiger partial charge in [-0.05, 0) is 24.3 Å². The van der Waals surface area contributed by atoms with Gasteiger partial charge in [0.05, 0.1) is 11.5 Å². The zero-order chi connectivity index (χ0) is 17.7. The van der Waals surface area contributed by atoms with E-state index in [1.54, 1.807) is 0 Å². The number of nitrogens with zero attached hydrogens (tertiary/aromatic N) is 2. The molecule has 0 spiro atoms. The largest absolute Gasteiger partial charge is 0.353 e. The van der Waals surface area contributed by atoms with Gasteiger partial charge in [0, 0.05) is 32.1 Å². The average Bonchev–Trinajstić information content (AvgIpc) is 3.22. The van der Waals surface area contributed by atoms with E-state index < -0.39 is 9.84 Å². The van der Waals surface area contributed by atoms with Crippen LogP contribution in [0.4, 0.5) is 0 Å². The number of hydrogen-bond donors (Lipinski definition) is 1. The minimum Gasteiger partial charge on any atom is -0.353 e. The summed E-state index contributed by atoms with van der Waals surface area (Å²) >= 11 is 0. The van der Waals surface area contributed by atoms with E-state index in [4.69, 9.17) is 4.99 Å². The summed E-state index contributed by atoms with van der Waals surface area (Å²) < 4.78 is 23.3. The van der Waals surface area contributed by atoms with Gasteiger partial charge in [-0.3, -0.25) is 4.99 Å². The summed E-state index contributed by atoms with van der Waals surface area (Å²) in [6.45, 7) is 6.90. The lowest BCUT2D eigenvalue weighted by Gasteiger charge is -2.22. The predicted octanol–water partition coefficient (Wildman–Crippen LogP) is 2.66. The van der Waals surface area contributed by atoms with E-state index in [9.17, 15) is 8.42 Å². The molecule has 0 radical (unpaired) electrons. The molecule has 2 aliphatic heterocycles. The van der Waals surface area contributed by atoms with Crippen molar-refractivity contribution in [3.8, 4) is 0 Å². The van der Waals surface area contributed by atoms with Crippen molar-refractivity contribution < 1.29 is 8.42 Å². The van der Waals surface area contributed by atoms with Gasteiger partial charge in [-0.25, -0.2) is 8.42 Å². The van der Waals surface area contributed by atoms with E-state index in [0.717, 1.165) is 31.9 Å². The summed E-state index contributed by atoms with van der Waals surface area (Å²) in [5, 5.41) is 3.34. The molecule has 2 fully saturated rings. The van der Waals surface area contributed by atoms with Gasteiger partial charge in [0.1, 0.15) is 0 Å². The van der Waals surface area contributed by atoms with Crippen LogP contribution in [0, 0.1) is 5.92 Å². The topological polar surface area (TPSA) is 61.8 Å². The van der Waals surface area contributed by atoms with Crippen molar-refractivity contribution in [3.05, 3.63) is 48.6 Å². The third-order valence-corrected chi connectivity index (χ3v) is 6.83. The predicted molar refractivity (Wildman–Crippen MR) is 118 cm³/mol. The van der Waals surface area contributed by atoms with Gasteiger partial charge in [0.25, 0.3) is 0 Å². The molecular formula is C19H28IN3O2S. The second-order valence-electron chi connectivity index (χ2n) is 6.95. The Kier molecular flexibility index (Phi) is 7.94. The molecule has 5 nitrogen and oxygen atoms in total. The van der Waals surface area contributed by atoms with Gasteiger partial charge >= 0.3 is 0 Å². The molecule has 7 heteroatoms. The maximum absolute atomic E-state index is 11.6. The summed E-state index contributed by atoms with van der Waals surface area (Å²) in [4.78, 5) is 7.02. The lowest BCUT2D eigenvalue weighted by molar-refractivity contribution is 0.482. The van der Waals surface area contributed by atoms with Crippen LogP contribution >= 0.6 is 24.0 Å². The van der Waals surface area contributed by atoms with Crippen molar-refractivity contribution in [1.29, 1.82) is 0 Å². The van der Waals surface area contributed by atoms with Crippen molar-refractivity contribution in [3.63, 3.8) is 0 Å². The van der Waals surface area contributed by atoms with Crippen molar-refractivity contribution >= 4 is 39.8 Å². The van der Waals surface area contributed by atoms with Crippen molar-refractivity contribution in [2.24, 2.45) is 10.9 Å². The van der Waals surface area contributed by atoms with Gasteiger partial charge in [-0.1, -0.05) is 36.4 Å². The maximum atomic E-state index is 11.6. The van der Waals surface area contributed by atoms with Crippen LogP contribution in [0.3, 0.4) is 0 Å². The number of nitrogens with one attached hydrogen (secondary N) is 1. The van der Waals surface area contributed by atoms with Gasteiger partial charge in [0.15, 0.2) is 15.8 Å². The van der Waals surface area contributed by atoms with Crippen LogP contribution in [0.1, 0.15) is 24.3 Å². The molecule has 2 atom stereocenters. The first-order chi connectivity index (χ1) is 12.1. The fraction of sp³-hybridized carbons (Fsp3) is 0.526. The molecule has 2 heterocycles. The number of sulfone groups is 1. The van der Waals surface area contributed by atoms with Crippen molar-refractivity contribution in [1.82, 2.24) is 10.2 Å². The van der Waals surface area contributed by atoms with Gasteiger partial charge in [-0.15, -0.1) is 30.6 Å². The molecule has 144 valence electrons. The fourth-order valence-electron chi connectivity index (χ4n) is 3.61. The normalized spacial score (nSPS) is 24.9. The monoisotopic (exact) mass is 489 g/mol. The first-order valence-electron chi connectivity index (χ1n) is 8.97. The summed E-state index contributed by atoms with van der Waals surface area (Å²) in [6, 6.07) is 10.6. The van der Waals surface area contributed by atoms with Gasteiger partial charge < -0.3 is 10.2 Å². The number of hydrogen-bond acceptors (Lipinski definition) is 3. The molecule has 1 N–H and O–H groups in total. The molecule has 1 aromatic carbocycles. The lowest BCUT2D eigenvalue weighted by Crippen LogP contribution is -2.40. The van der Waals surface area contributed by atoms with Crippen LogP contribution in [-0.2, 0) is 9.84 Å². The van der Waals surface area contributed by atoms with E-state index in [1.165, 1.54) is 5.56 Å². The Hall–Kier alpha value is -1.09. The number of benzene rings is 1. The number of rotatable bonds is 5. The zero-order valence-corrected chi connectivity index (χ0v) is 18.2. The van der Waals surface area contributed by atoms with E-state index in [2.05, 4.69) is 41.1 Å². The average molecular weight is 489 g/mol. The lowest BCUT2D eigenvalue weighted by atomic mass is 9.99. The van der Waals surface area contributed by atoms with Crippen LogP contribution in [0.2, 0.25) is 0 Å². The highest BCUT2D eigenvalue weighted by Crippen LogP contribution is 2.27. The number of aliphatic imine (C=N–C) groups is 1. The Balaban J connectivity index is 0.00000243. The Bertz CT molecular complexity index is 722. The second-order valence-corrected chi connectivity index (χ2v) is 9.17. The molecule has 3 rings (SSSR count). The third kappa shape index (κ3) is 5.70. The van der Waals surface area contributed by atoms with Gasteiger partial charge in [-0.2, -0.15) is 0 Å². The highest BCUT2D eigenvalue weighted by atomic mass is 127.